The zero-order valence-electron chi connectivity index (χ0n) is 13.7. The second kappa shape index (κ2) is 8.15. The largest absolute Gasteiger partial charge is 0.493 e. The lowest BCUT2D eigenvalue weighted by Gasteiger charge is -2.10. The summed E-state index contributed by atoms with van der Waals surface area (Å²) in [5, 5.41) is 14.6. The van der Waals surface area contributed by atoms with E-state index in [1.807, 2.05) is 4.83 Å². The molecule has 0 spiro atoms. The molecular formula is C15H14BrN3O6S. The second-order valence-corrected chi connectivity index (χ2v) is 7.30. The fourth-order valence-electron chi connectivity index (χ4n) is 2.07. The number of nitro benzene ring substituents is 1. The Kier molecular flexibility index (Phi) is 6.16. The van der Waals surface area contributed by atoms with E-state index in [1.54, 1.807) is 12.1 Å². The highest BCUT2D eigenvalue weighted by Gasteiger charge is 2.24. The van der Waals surface area contributed by atoms with Gasteiger partial charge in [-0.3, -0.25) is 10.1 Å². The maximum atomic E-state index is 12.3. The van der Waals surface area contributed by atoms with Gasteiger partial charge in [-0.1, -0.05) is 12.1 Å². The third-order valence-corrected chi connectivity index (χ3v) is 5.05. The zero-order chi connectivity index (χ0) is 19.3. The van der Waals surface area contributed by atoms with Gasteiger partial charge in [0.25, 0.3) is 15.7 Å². The number of methoxy groups -OCH3 is 2. The summed E-state index contributed by atoms with van der Waals surface area (Å²) in [7, 11) is -1.26. The molecule has 0 fully saturated rings. The van der Waals surface area contributed by atoms with E-state index >= 15 is 0 Å². The molecule has 0 heterocycles. The summed E-state index contributed by atoms with van der Waals surface area (Å²) in [6.45, 7) is 0. The Morgan fingerprint density at radius 2 is 1.92 bits per heavy atom. The van der Waals surface area contributed by atoms with Gasteiger partial charge in [0.05, 0.1) is 29.8 Å². The van der Waals surface area contributed by atoms with Crippen molar-refractivity contribution in [3.05, 3.63) is 56.5 Å². The molecule has 0 amide bonds. The zero-order valence-corrected chi connectivity index (χ0v) is 16.1. The van der Waals surface area contributed by atoms with Crippen LogP contribution >= 0.6 is 15.9 Å². The Morgan fingerprint density at radius 1 is 1.23 bits per heavy atom. The molecule has 2 rings (SSSR count). The minimum absolute atomic E-state index is 0.421. The van der Waals surface area contributed by atoms with Crippen LogP contribution in [0.15, 0.2) is 50.9 Å². The van der Waals surface area contributed by atoms with Crippen LogP contribution in [0.2, 0.25) is 0 Å². The van der Waals surface area contributed by atoms with Crippen molar-refractivity contribution in [2.45, 2.75) is 4.90 Å². The van der Waals surface area contributed by atoms with Crippen molar-refractivity contribution in [1.82, 2.24) is 4.83 Å². The van der Waals surface area contributed by atoms with Crippen LogP contribution in [0.25, 0.3) is 0 Å². The van der Waals surface area contributed by atoms with Crippen molar-refractivity contribution >= 4 is 37.9 Å². The van der Waals surface area contributed by atoms with Gasteiger partial charge in [-0.05, 0) is 39.7 Å². The maximum Gasteiger partial charge on any atom is 0.289 e. The molecule has 0 aliphatic carbocycles. The molecule has 9 nitrogen and oxygen atoms in total. The number of ether oxygens (including phenoxy) is 2. The van der Waals surface area contributed by atoms with Crippen LogP contribution in [0, 0.1) is 10.1 Å². The highest BCUT2D eigenvalue weighted by atomic mass is 79.9. The number of nitrogens with zero attached hydrogens (tertiary/aromatic N) is 2. The topological polar surface area (TPSA) is 120 Å². The number of para-hydroxylation sites is 1. The van der Waals surface area contributed by atoms with Crippen LogP contribution in [-0.2, 0) is 10.0 Å². The van der Waals surface area contributed by atoms with E-state index in [-0.39, 0.29) is 0 Å². The lowest BCUT2D eigenvalue weighted by molar-refractivity contribution is -0.387. The molecule has 138 valence electrons. The fraction of sp³-hybridized carbons (Fsp3) is 0.133. The Balaban J connectivity index is 2.28. The number of nitro groups is 1. The molecule has 11 heteroatoms. The van der Waals surface area contributed by atoms with Crippen molar-refractivity contribution in [2.75, 3.05) is 14.2 Å². The van der Waals surface area contributed by atoms with Crippen molar-refractivity contribution in [3.63, 3.8) is 0 Å². The van der Waals surface area contributed by atoms with E-state index in [4.69, 9.17) is 9.47 Å². The lowest BCUT2D eigenvalue weighted by atomic mass is 10.2. The van der Waals surface area contributed by atoms with Gasteiger partial charge in [0.2, 0.25) is 0 Å². The molecule has 0 radical (unpaired) electrons. The Morgan fingerprint density at radius 3 is 2.54 bits per heavy atom. The van der Waals surface area contributed by atoms with Crippen molar-refractivity contribution < 1.29 is 22.8 Å². The third-order valence-electron chi connectivity index (χ3n) is 3.19. The highest BCUT2D eigenvalue weighted by Crippen LogP contribution is 2.35. The van der Waals surface area contributed by atoms with Gasteiger partial charge >= 0.3 is 0 Å². The quantitative estimate of drug-likeness (QED) is 0.398. The van der Waals surface area contributed by atoms with E-state index in [0.717, 1.165) is 12.1 Å². The van der Waals surface area contributed by atoms with Gasteiger partial charge in [0.15, 0.2) is 16.4 Å². The first-order valence-corrected chi connectivity index (χ1v) is 9.27. The Hall–Kier alpha value is -2.66. The van der Waals surface area contributed by atoms with Gasteiger partial charge < -0.3 is 9.47 Å². The number of benzene rings is 2. The summed E-state index contributed by atoms with van der Waals surface area (Å²) in [6.07, 6.45) is 1.24. The average molecular weight is 444 g/mol. The normalized spacial score (nSPS) is 11.3. The first-order valence-electron chi connectivity index (χ1n) is 7.00. The van der Waals surface area contributed by atoms with Crippen LogP contribution in [-0.4, -0.2) is 33.8 Å². The first-order chi connectivity index (χ1) is 12.3. The van der Waals surface area contributed by atoms with Crippen molar-refractivity contribution in [2.24, 2.45) is 5.10 Å². The van der Waals surface area contributed by atoms with Gasteiger partial charge in [0.1, 0.15) is 0 Å². The molecule has 0 atom stereocenters. The van der Waals surface area contributed by atoms with Gasteiger partial charge in [-0.25, -0.2) is 0 Å². The third kappa shape index (κ3) is 4.29. The average Bonchev–Trinajstić information content (AvgIpc) is 2.61. The summed E-state index contributed by atoms with van der Waals surface area (Å²) in [5.41, 5.74) is -0.0242. The predicted molar refractivity (Wildman–Crippen MR) is 98.3 cm³/mol. The van der Waals surface area contributed by atoms with Gasteiger partial charge in [-0.15, -0.1) is 0 Å². The highest BCUT2D eigenvalue weighted by molar-refractivity contribution is 9.10. The van der Waals surface area contributed by atoms with Crippen molar-refractivity contribution in [1.29, 1.82) is 0 Å². The molecule has 2 aromatic carbocycles. The minimum Gasteiger partial charge on any atom is -0.493 e. The predicted octanol–water partition coefficient (Wildman–Crippen LogP) is 2.69. The number of nitrogens with one attached hydrogen (secondary N) is 1. The van der Waals surface area contributed by atoms with E-state index in [0.29, 0.717) is 21.5 Å². The smallest absolute Gasteiger partial charge is 0.289 e. The van der Waals surface area contributed by atoms with E-state index < -0.39 is 25.5 Å². The SMILES string of the molecule is COc1cc(/C=N\NS(=O)(=O)c2ccccc2[N+](=O)[O-])cc(Br)c1OC. The maximum absolute atomic E-state index is 12.3. The molecule has 0 unspecified atom stereocenters. The van der Waals surface area contributed by atoms with Gasteiger partial charge in [0, 0.05) is 6.07 Å². The molecular weight excluding hydrogens is 430 g/mol. The summed E-state index contributed by atoms with van der Waals surface area (Å²) in [4.78, 5) is 11.7. The number of hydrazone groups is 1. The minimum atomic E-state index is -4.20. The summed E-state index contributed by atoms with van der Waals surface area (Å²) in [5.74, 6) is 0.898. The monoisotopic (exact) mass is 443 g/mol. The van der Waals surface area contributed by atoms with E-state index in [2.05, 4.69) is 21.0 Å². The standard InChI is InChI=1S/C15H14BrN3O6S/c1-24-13-8-10(7-11(16)15(13)25-2)9-17-18-26(22,23)14-6-4-3-5-12(14)19(20)21/h3-9,18H,1-2H3/b17-9-. The summed E-state index contributed by atoms with van der Waals surface area (Å²) < 4.78 is 35.5. The molecule has 0 aliphatic rings. The molecule has 0 bridgehead atoms. The van der Waals surface area contributed by atoms with Gasteiger partial charge in [-0.2, -0.15) is 18.4 Å². The Bertz CT molecular complexity index is 962. The molecule has 26 heavy (non-hydrogen) atoms. The molecule has 0 aromatic heterocycles. The summed E-state index contributed by atoms with van der Waals surface area (Å²) in [6, 6.07) is 8.22. The van der Waals surface area contributed by atoms with E-state index in [1.165, 1.54) is 32.6 Å². The molecule has 0 saturated carbocycles. The van der Waals surface area contributed by atoms with Crippen LogP contribution in [0.1, 0.15) is 5.56 Å². The molecule has 0 aliphatic heterocycles. The second-order valence-electron chi connectivity index (χ2n) is 4.82. The number of hydrogen-bond donors (Lipinski definition) is 1. The fourth-order valence-corrected chi connectivity index (χ4v) is 3.65. The Labute approximate surface area is 158 Å². The van der Waals surface area contributed by atoms with Crippen LogP contribution < -0.4 is 14.3 Å². The summed E-state index contributed by atoms with van der Waals surface area (Å²) >= 11 is 3.31. The van der Waals surface area contributed by atoms with Crippen LogP contribution in [0.4, 0.5) is 5.69 Å². The van der Waals surface area contributed by atoms with Crippen LogP contribution in [0.5, 0.6) is 11.5 Å². The van der Waals surface area contributed by atoms with E-state index in [9.17, 15) is 18.5 Å². The number of sulfonamides is 1. The molecule has 1 N–H and O–H groups in total. The van der Waals surface area contributed by atoms with Crippen LogP contribution in [0.3, 0.4) is 0 Å². The lowest BCUT2D eigenvalue weighted by Crippen LogP contribution is -2.19. The number of hydrogen-bond acceptors (Lipinski definition) is 7. The number of halogens is 1. The molecule has 2 aromatic rings. The number of rotatable bonds is 7. The first kappa shape index (κ1) is 19.7. The van der Waals surface area contributed by atoms with Crippen molar-refractivity contribution in [3.8, 4) is 11.5 Å². The molecule has 0 saturated heterocycles.